The van der Waals surface area contributed by atoms with Crippen molar-refractivity contribution in [1.29, 1.82) is 0 Å². The highest BCUT2D eigenvalue weighted by molar-refractivity contribution is 7.89. The number of amides is 2. The van der Waals surface area contributed by atoms with Crippen molar-refractivity contribution in [1.82, 2.24) is 14.9 Å². The minimum Gasteiger partial charge on any atom is -0.352 e. The molecule has 1 aliphatic heterocycles. The van der Waals surface area contributed by atoms with Crippen LogP contribution in [-0.4, -0.2) is 55.0 Å². The molecule has 1 saturated heterocycles. The number of nitrogens with one attached hydrogen (secondary N) is 2. The first-order valence-electron chi connectivity index (χ1n) is 10.7. The van der Waals surface area contributed by atoms with Gasteiger partial charge in [-0.05, 0) is 65.0 Å². The van der Waals surface area contributed by atoms with Gasteiger partial charge in [0.1, 0.15) is 6.04 Å². The largest absolute Gasteiger partial charge is 0.352 e. The van der Waals surface area contributed by atoms with Crippen LogP contribution in [0, 0.1) is 12.8 Å². The van der Waals surface area contributed by atoms with E-state index >= 15 is 0 Å². The number of hydrogen-bond donors (Lipinski definition) is 2. The summed E-state index contributed by atoms with van der Waals surface area (Å²) in [6, 6.07) is 6.54. The van der Waals surface area contributed by atoms with E-state index in [2.05, 4.69) is 10.6 Å². The highest BCUT2D eigenvalue weighted by Crippen LogP contribution is 2.25. The topological polar surface area (TPSA) is 95.6 Å². The average Bonchev–Trinajstić information content (AvgIpc) is 2.71. The number of nitrogens with zero attached hydrogens (tertiary/aromatic N) is 1. The second-order valence-electron chi connectivity index (χ2n) is 8.47. The summed E-state index contributed by atoms with van der Waals surface area (Å²) in [5, 5.41) is 5.41. The first-order valence-corrected chi connectivity index (χ1v) is 12.2. The Morgan fingerprint density at radius 1 is 1.13 bits per heavy atom. The Bertz CT molecular complexity index is 846. The van der Waals surface area contributed by atoms with Crippen molar-refractivity contribution in [2.75, 3.05) is 13.1 Å². The third-order valence-electron chi connectivity index (χ3n) is 5.78. The summed E-state index contributed by atoms with van der Waals surface area (Å²) in [5.41, 5.74) is 1.48. The summed E-state index contributed by atoms with van der Waals surface area (Å²) in [6.45, 7) is 9.89. The van der Waals surface area contributed by atoms with Gasteiger partial charge in [0.05, 0.1) is 5.25 Å². The molecule has 2 N–H and O–H groups in total. The fourth-order valence-electron chi connectivity index (χ4n) is 3.60. The maximum atomic E-state index is 13.0. The number of piperidine rings is 1. The molecule has 8 heteroatoms. The molecular formula is C22H35N3O4S. The summed E-state index contributed by atoms with van der Waals surface area (Å²) >= 11 is 0. The number of hydrogen-bond acceptors (Lipinski definition) is 4. The van der Waals surface area contributed by atoms with Crippen molar-refractivity contribution in [3.63, 3.8) is 0 Å². The van der Waals surface area contributed by atoms with Gasteiger partial charge in [0.2, 0.25) is 15.9 Å². The van der Waals surface area contributed by atoms with Crippen LogP contribution in [0.5, 0.6) is 0 Å². The van der Waals surface area contributed by atoms with Crippen molar-refractivity contribution >= 4 is 21.8 Å². The molecule has 2 amide bonds. The predicted octanol–water partition coefficient (Wildman–Crippen LogP) is 2.46. The summed E-state index contributed by atoms with van der Waals surface area (Å²) in [4.78, 5) is 25.8. The highest BCUT2D eigenvalue weighted by Gasteiger charge is 2.36. The molecule has 2 atom stereocenters. The van der Waals surface area contributed by atoms with Crippen LogP contribution in [0.4, 0.5) is 0 Å². The molecule has 1 fully saturated rings. The minimum absolute atomic E-state index is 0.00252. The van der Waals surface area contributed by atoms with E-state index in [1.54, 1.807) is 26.0 Å². The highest BCUT2D eigenvalue weighted by atomic mass is 32.2. The Morgan fingerprint density at radius 2 is 1.77 bits per heavy atom. The molecule has 0 saturated carbocycles. The van der Waals surface area contributed by atoms with Crippen LogP contribution >= 0.6 is 0 Å². The van der Waals surface area contributed by atoms with Gasteiger partial charge in [-0.25, -0.2) is 12.7 Å². The zero-order chi connectivity index (χ0) is 22.5. The van der Waals surface area contributed by atoms with Gasteiger partial charge in [-0.15, -0.1) is 0 Å². The molecule has 7 nitrogen and oxygen atoms in total. The van der Waals surface area contributed by atoms with Crippen LogP contribution < -0.4 is 10.6 Å². The van der Waals surface area contributed by atoms with E-state index in [1.165, 1.54) is 4.31 Å². The molecule has 0 spiro atoms. The third-order valence-corrected chi connectivity index (χ3v) is 8.05. The quantitative estimate of drug-likeness (QED) is 0.653. The van der Waals surface area contributed by atoms with E-state index in [-0.39, 0.29) is 23.8 Å². The molecule has 0 radical (unpaired) electrons. The van der Waals surface area contributed by atoms with Gasteiger partial charge < -0.3 is 10.6 Å². The zero-order valence-electron chi connectivity index (χ0n) is 18.6. The maximum Gasteiger partial charge on any atom is 0.251 e. The van der Waals surface area contributed by atoms with Gasteiger partial charge in [-0.2, -0.15) is 0 Å². The Kier molecular flexibility index (Phi) is 8.43. The Hall–Kier alpha value is -1.93. The van der Waals surface area contributed by atoms with E-state index in [0.29, 0.717) is 31.5 Å². The fraction of sp³-hybridized carbons (Fsp3) is 0.636. The van der Waals surface area contributed by atoms with Crippen molar-refractivity contribution in [3.8, 4) is 0 Å². The summed E-state index contributed by atoms with van der Waals surface area (Å²) in [6.07, 6.45) is 1.84. The smallest absolute Gasteiger partial charge is 0.251 e. The lowest BCUT2D eigenvalue weighted by molar-refractivity contribution is -0.125. The molecule has 0 aliphatic carbocycles. The second kappa shape index (κ2) is 10.4. The monoisotopic (exact) mass is 437 g/mol. The molecule has 2 rings (SSSR count). The maximum absolute atomic E-state index is 13.0. The zero-order valence-corrected chi connectivity index (χ0v) is 19.5. The molecular weight excluding hydrogens is 402 g/mol. The normalized spacial score (nSPS) is 18.1. The number of carbonyl (C=O) groups excluding carboxylic acids is 2. The van der Waals surface area contributed by atoms with E-state index in [9.17, 15) is 18.0 Å². The van der Waals surface area contributed by atoms with Crippen LogP contribution in [0.25, 0.3) is 0 Å². The molecule has 30 heavy (non-hydrogen) atoms. The standard InChI is InChI=1S/C22H35N3O4S/c1-6-17(5)23-22(27)20(24-21(26)19-9-7-8-16(4)14-19)18-10-12-25(13-11-18)30(28,29)15(2)3/h7-9,14-15,17-18,20H,6,10-13H2,1-5H3,(H,23,27)(H,24,26)/t17-,20+/m1/s1. The first-order chi connectivity index (χ1) is 14.1. The van der Waals surface area contributed by atoms with Gasteiger partial charge in [0.25, 0.3) is 5.91 Å². The summed E-state index contributed by atoms with van der Waals surface area (Å²) < 4.78 is 26.4. The van der Waals surface area contributed by atoms with Crippen LogP contribution in [0.2, 0.25) is 0 Å². The van der Waals surface area contributed by atoms with Crippen LogP contribution in [0.1, 0.15) is 62.9 Å². The van der Waals surface area contributed by atoms with E-state index in [0.717, 1.165) is 12.0 Å². The van der Waals surface area contributed by atoms with Crippen molar-refractivity contribution in [2.24, 2.45) is 5.92 Å². The lowest BCUT2D eigenvalue weighted by Crippen LogP contribution is -2.55. The molecule has 0 aromatic heterocycles. The molecule has 1 aromatic carbocycles. The van der Waals surface area contributed by atoms with E-state index in [1.807, 2.05) is 32.9 Å². The lowest BCUT2D eigenvalue weighted by atomic mass is 9.89. The van der Waals surface area contributed by atoms with Crippen LogP contribution in [-0.2, 0) is 14.8 Å². The third kappa shape index (κ3) is 6.04. The minimum atomic E-state index is -3.32. The number of sulfonamides is 1. The molecule has 0 unspecified atom stereocenters. The van der Waals surface area contributed by atoms with Crippen molar-refractivity contribution in [3.05, 3.63) is 35.4 Å². The molecule has 168 valence electrons. The van der Waals surface area contributed by atoms with Crippen LogP contribution in [0.3, 0.4) is 0 Å². The number of benzene rings is 1. The van der Waals surface area contributed by atoms with Gasteiger partial charge in [0, 0.05) is 24.7 Å². The Labute approximate surface area is 180 Å². The number of carbonyl (C=O) groups is 2. The lowest BCUT2D eigenvalue weighted by Gasteiger charge is -2.36. The summed E-state index contributed by atoms with van der Waals surface area (Å²) in [5.74, 6) is -0.628. The van der Waals surface area contributed by atoms with E-state index in [4.69, 9.17) is 0 Å². The predicted molar refractivity (Wildman–Crippen MR) is 119 cm³/mol. The van der Waals surface area contributed by atoms with Gasteiger partial charge >= 0.3 is 0 Å². The molecule has 0 bridgehead atoms. The SMILES string of the molecule is CC[C@@H](C)NC(=O)[C@@H](NC(=O)c1cccc(C)c1)C1CCN(S(=O)(=O)C(C)C)CC1. The van der Waals surface area contributed by atoms with Crippen LogP contribution in [0.15, 0.2) is 24.3 Å². The molecule has 1 aromatic rings. The van der Waals surface area contributed by atoms with Gasteiger partial charge in [0.15, 0.2) is 0 Å². The number of rotatable bonds is 8. The Balaban J connectivity index is 2.16. The number of aryl methyl sites for hydroxylation is 1. The van der Waals surface area contributed by atoms with Gasteiger partial charge in [-0.3, -0.25) is 9.59 Å². The van der Waals surface area contributed by atoms with Crippen molar-refractivity contribution in [2.45, 2.75) is 71.2 Å². The van der Waals surface area contributed by atoms with Gasteiger partial charge in [-0.1, -0.05) is 24.6 Å². The Morgan fingerprint density at radius 3 is 2.30 bits per heavy atom. The molecule has 1 aliphatic rings. The van der Waals surface area contributed by atoms with E-state index < -0.39 is 21.3 Å². The first kappa shape index (κ1) is 24.3. The summed E-state index contributed by atoms with van der Waals surface area (Å²) in [7, 11) is -3.32. The average molecular weight is 438 g/mol. The fourth-order valence-corrected chi connectivity index (χ4v) is 4.92. The second-order valence-corrected chi connectivity index (χ2v) is 11.0. The molecule has 1 heterocycles. The van der Waals surface area contributed by atoms with Crippen molar-refractivity contribution < 1.29 is 18.0 Å².